The molecule has 2 N–H and O–H groups in total. The number of carbonyl (C=O) groups is 2. The summed E-state index contributed by atoms with van der Waals surface area (Å²) in [5, 5.41) is 12.0. The van der Waals surface area contributed by atoms with Crippen molar-refractivity contribution < 1.29 is 19.1 Å². The monoisotopic (exact) mass is 439 g/mol. The van der Waals surface area contributed by atoms with E-state index in [0.717, 1.165) is 18.4 Å². The van der Waals surface area contributed by atoms with E-state index in [-0.39, 0.29) is 17.6 Å². The average Bonchev–Trinajstić information content (AvgIpc) is 2.81. The van der Waals surface area contributed by atoms with Crippen molar-refractivity contribution in [2.45, 2.75) is 44.4 Å². The van der Waals surface area contributed by atoms with Crippen LogP contribution in [0.2, 0.25) is 0 Å². The van der Waals surface area contributed by atoms with Crippen LogP contribution >= 0.6 is 0 Å². The second-order valence-corrected chi connectivity index (χ2v) is 8.85. The third-order valence-electron chi connectivity index (χ3n) is 6.81. The van der Waals surface area contributed by atoms with Gasteiger partial charge in [-0.3, -0.25) is 0 Å². The minimum atomic E-state index is -0.926. The number of hydrogen-bond acceptors (Lipinski definition) is 2. The molecule has 170 valence electrons. The Kier molecular flexibility index (Phi) is 6.63. The van der Waals surface area contributed by atoms with Gasteiger partial charge >= 0.3 is 12.1 Å². The zero-order valence-corrected chi connectivity index (χ0v) is 18.4. The molecule has 0 atom stereocenters. The van der Waals surface area contributed by atoms with Crippen LogP contribution in [0.4, 0.5) is 19.7 Å². The molecule has 32 heavy (non-hydrogen) atoms. The van der Waals surface area contributed by atoms with Crippen LogP contribution in [0.15, 0.2) is 42.5 Å². The van der Waals surface area contributed by atoms with Crippen LogP contribution in [-0.4, -0.2) is 53.2 Å². The largest absolute Gasteiger partial charge is 0.465 e. The van der Waals surface area contributed by atoms with Crippen LogP contribution in [0.5, 0.6) is 0 Å². The van der Waals surface area contributed by atoms with Gasteiger partial charge in [0.1, 0.15) is 5.82 Å². The third-order valence-corrected chi connectivity index (χ3v) is 6.81. The van der Waals surface area contributed by atoms with Crippen LogP contribution < -0.4 is 5.32 Å². The molecule has 4 rings (SSSR count). The molecule has 6 nitrogen and oxygen atoms in total. The maximum Gasteiger partial charge on any atom is 0.407 e. The molecule has 0 radical (unpaired) electrons. The highest BCUT2D eigenvalue weighted by Gasteiger charge is 2.28. The number of urea groups is 1. The normalized spacial score (nSPS) is 17.9. The van der Waals surface area contributed by atoms with Gasteiger partial charge in [-0.1, -0.05) is 42.0 Å². The van der Waals surface area contributed by atoms with E-state index in [1.165, 1.54) is 22.1 Å². The molecule has 0 unspecified atom stereocenters. The van der Waals surface area contributed by atoms with Crippen molar-refractivity contribution >= 4 is 17.8 Å². The fourth-order valence-corrected chi connectivity index (χ4v) is 4.84. The van der Waals surface area contributed by atoms with Crippen molar-refractivity contribution in [3.63, 3.8) is 0 Å². The minimum Gasteiger partial charge on any atom is -0.465 e. The number of nitrogens with one attached hydrogen (secondary N) is 1. The highest BCUT2D eigenvalue weighted by Crippen LogP contribution is 2.35. The van der Waals surface area contributed by atoms with Gasteiger partial charge in [0.2, 0.25) is 0 Å². The lowest BCUT2D eigenvalue weighted by Crippen LogP contribution is -2.41. The van der Waals surface area contributed by atoms with E-state index < -0.39 is 11.9 Å². The molecule has 2 fully saturated rings. The van der Waals surface area contributed by atoms with E-state index in [9.17, 15) is 14.0 Å². The van der Waals surface area contributed by atoms with Crippen LogP contribution in [0.1, 0.15) is 54.2 Å². The van der Waals surface area contributed by atoms with E-state index >= 15 is 0 Å². The first kappa shape index (κ1) is 22.1. The number of benzene rings is 2. The number of amides is 3. The smallest absolute Gasteiger partial charge is 0.407 e. The van der Waals surface area contributed by atoms with Crippen molar-refractivity contribution in [2.24, 2.45) is 0 Å². The number of carboxylic acid groups (broad SMARTS) is 1. The van der Waals surface area contributed by atoms with Crippen LogP contribution in [-0.2, 0) is 0 Å². The number of rotatable bonds is 3. The van der Waals surface area contributed by atoms with E-state index in [4.69, 9.17) is 5.11 Å². The Labute approximate surface area is 188 Å². The summed E-state index contributed by atoms with van der Waals surface area (Å²) in [4.78, 5) is 27.3. The number of halogens is 1. The number of hydrogen-bond donors (Lipinski definition) is 2. The maximum absolute atomic E-state index is 14.7. The molecule has 2 aliphatic heterocycles. The Morgan fingerprint density at radius 3 is 2.12 bits per heavy atom. The molecule has 0 bridgehead atoms. The number of aryl methyl sites for hydroxylation is 1. The van der Waals surface area contributed by atoms with E-state index in [2.05, 4.69) is 36.5 Å². The topological polar surface area (TPSA) is 72.9 Å². The molecule has 0 aliphatic carbocycles. The Morgan fingerprint density at radius 1 is 0.906 bits per heavy atom. The van der Waals surface area contributed by atoms with Crippen LogP contribution in [0, 0.1) is 12.7 Å². The summed E-state index contributed by atoms with van der Waals surface area (Å²) >= 11 is 0. The van der Waals surface area contributed by atoms with Gasteiger partial charge in [0, 0.05) is 26.2 Å². The van der Waals surface area contributed by atoms with E-state index in [1.807, 2.05) is 6.07 Å². The van der Waals surface area contributed by atoms with Crippen molar-refractivity contribution in [2.75, 3.05) is 31.5 Å². The number of likely N-dealkylation sites (tertiary alicyclic amines) is 2. The lowest BCUT2D eigenvalue weighted by atomic mass is 9.88. The van der Waals surface area contributed by atoms with Crippen molar-refractivity contribution in [3.8, 4) is 0 Å². The minimum absolute atomic E-state index is 0.0175. The number of piperidine rings is 2. The molecular weight excluding hydrogens is 409 g/mol. The fraction of sp³-hybridized carbons (Fsp3) is 0.440. The summed E-state index contributed by atoms with van der Waals surface area (Å²) in [6.45, 7) is 4.16. The zero-order chi connectivity index (χ0) is 22.7. The second-order valence-electron chi connectivity index (χ2n) is 8.85. The maximum atomic E-state index is 14.7. The Bertz CT molecular complexity index is 963. The van der Waals surface area contributed by atoms with Gasteiger partial charge in [0.25, 0.3) is 0 Å². The first-order valence-electron chi connectivity index (χ1n) is 11.3. The highest BCUT2D eigenvalue weighted by molar-refractivity contribution is 5.90. The lowest BCUT2D eigenvalue weighted by Gasteiger charge is -2.33. The number of nitrogens with zero attached hydrogens (tertiary/aromatic N) is 2. The molecule has 2 aromatic rings. The van der Waals surface area contributed by atoms with E-state index in [1.54, 1.807) is 11.0 Å². The van der Waals surface area contributed by atoms with Gasteiger partial charge in [-0.25, -0.2) is 14.0 Å². The SMILES string of the molecule is Cc1ccc(C2CCN(C(=O)Nc3c(F)cccc3C3CCN(C(=O)O)CC3)CC2)cc1. The summed E-state index contributed by atoms with van der Waals surface area (Å²) in [6.07, 6.45) is 2.06. The van der Waals surface area contributed by atoms with Gasteiger partial charge in [0.05, 0.1) is 5.69 Å². The highest BCUT2D eigenvalue weighted by atomic mass is 19.1. The summed E-state index contributed by atoms with van der Waals surface area (Å²) in [5.41, 5.74) is 3.52. The first-order valence-corrected chi connectivity index (χ1v) is 11.3. The molecule has 0 saturated carbocycles. The lowest BCUT2D eigenvalue weighted by molar-refractivity contribution is 0.132. The third kappa shape index (κ3) is 4.87. The van der Waals surface area contributed by atoms with Gasteiger partial charge in [-0.05, 0) is 61.6 Å². The zero-order valence-electron chi connectivity index (χ0n) is 18.4. The molecule has 2 heterocycles. The molecule has 2 aliphatic rings. The molecule has 0 spiro atoms. The molecule has 3 amide bonds. The predicted molar refractivity (Wildman–Crippen MR) is 122 cm³/mol. The van der Waals surface area contributed by atoms with Gasteiger partial charge in [-0.15, -0.1) is 0 Å². The average molecular weight is 440 g/mol. The number of anilines is 1. The van der Waals surface area contributed by atoms with Crippen LogP contribution in [0.3, 0.4) is 0 Å². The Hall–Kier alpha value is -3.09. The standard InChI is InChI=1S/C25H30FN3O3/c1-17-5-7-18(8-6-17)19-9-13-28(14-10-19)24(30)27-23-21(3-2-4-22(23)26)20-11-15-29(16-12-20)25(31)32/h2-8,19-20H,9-16H2,1H3,(H,27,30)(H,31,32). The summed E-state index contributed by atoms with van der Waals surface area (Å²) in [5.74, 6) is -0.00183. The predicted octanol–water partition coefficient (Wildman–Crippen LogP) is 5.40. The summed E-state index contributed by atoms with van der Waals surface area (Å²) in [7, 11) is 0. The molecule has 0 aromatic heterocycles. The van der Waals surface area contributed by atoms with Crippen molar-refractivity contribution in [1.82, 2.24) is 9.80 Å². The van der Waals surface area contributed by atoms with Crippen molar-refractivity contribution in [3.05, 3.63) is 65.0 Å². The van der Waals surface area contributed by atoms with Crippen LogP contribution in [0.25, 0.3) is 0 Å². The molecule has 7 heteroatoms. The number of para-hydroxylation sites is 1. The molecule has 2 aromatic carbocycles. The fourth-order valence-electron chi connectivity index (χ4n) is 4.84. The first-order chi connectivity index (χ1) is 15.4. The van der Waals surface area contributed by atoms with Gasteiger partial charge < -0.3 is 20.2 Å². The quantitative estimate of drug-likeness (QED) is 0.672. The Balaban J connectivity index is 1.39. The molecule has 2 saturated heterocycles. The summed E-state index contributed by atoms with van der Waals surface area (Å²) < 4.78 is 14.7. The van der Waals surface area contributed by atoms with Gasteiger partial charge in [0.15, 0.2) is 0 Å². The van der Waals surface area contributed by atoms with Crippen molar-refractivity contribution in [1.29, 1.82) is 0 Å². The Morgan fingerprint density at radius 2 is 1.50 bits per heavy atom. The molecular formula is C25H30FN3O3. The second kappa shape index (κ2) is 9.59. The number of carbonyl (C=O) groups excluding carboxylic acids is 1. The van der Waals surface area contributed by atoms with Gasteiger partial charge in [-0.2, -0.15) is 0 Å². The van der Waals surface area contributed by atoms with E-state index in [0.29, 0.717) is 44.9 Å². The summed E-state index contributed by atoms with van der Waals surface area (Å²) in [6, 6.07) is 13.1.